The molecule has 0 saturated heterocycles. The van der Waals surface area contributed by atoms with E-state index in [1.165, 1.54) is 11.5 Å². The summed E-state index contributed by atoms with van der Waals surface area (Å²) in [5.41, 5.74) is 5.77. The fraction of sp³-hybridized carbons (Fsp3) is 0.455. The molecule has 2 heterocycles. The SMILES string of the molecule is CSc1c(N)nsc1NCCCCn1ccnc1. The summed E-state index contributed by atoms with van der Waals surface area (Å²) in [6.07, 6.45) is 9.91. The van der Waals surface area contributed by atoms with Crippen molar-refractivity contribution in [3.8, 4) is 0 Å². The highest BCUT2D eigenvalue weighted by Crippen LogP contribution is 2.34. The summed E-state index contributed by atoms with van der Waals surface area (Å²) < 4.78 is 6.25. The smallest absolute Gasteiger partial charge is 0.153 e. The molecule has 0 radical (unpaired) electrons. The Morgan fingerprint density at radius 1 is 1.50 bits per heavy atom. The van der Waals surface area contributed by atoms with E-state index < -0.39 is 0 Å². The van der Waals surface area contributed by atoms with Crippen molar-refractivity contribution < 1.29 is 0 Å². The first-order chi connectivity index (χ1) is 8.81. The molecule has 2 aromatic rings. The Morgan fingerprint density at radius 3 is 3.11 bits per heavy atom. The molecule has 3 N–H and O–H groups in total. The third kappa shape index (κ3) is 3.39. The van der Waals surface area contributed by atoms with Gasteiger partial charge in [0.1, 0.15) is 5.00 Å². The fourth-order valence-corrected chi connectivity index (χ4v) is 3.21. The Balaban J connectivity index is 1.69. The summed E-state index contributed by atoms with van der Waals surface area (Å²) in [4.78, 5) is 5.08. The fourth-order valence-electron chi connectivity index (χ4n) is 1.64. The molecule has 0 unspecified atom stereocenters. The van der Waals surface area contributed by atoms with Gasteiger partial charge in [-0.1, -0.05) is 0 Å². The molecule has 0 aliphatic carbocycles. The molecule has 0 aliphatic heterocycles. The monoisotopic (exact) mass is 283 g/mol. The summed E-state index contributed by atoms with van der Waals surface area (Å²) in [5.74, 6) is 0.633. The van der Waals surface area contributed by atoms with Gasteiger partial charge < -0.3 is 15.6 Å². The van der Waals surface area contributed by atoms with Crippen molar-refractivity contribution in [2.45, 2.75) is 24.3 Å². The second-order valence-electron chi connectivity index (χ2n) is 3.86. The molecule has 0 bridgehead atoms. The van der Waals surface area contributed by atoms with Gasteiger partial charge >= 0.3 is 0 Å². The molecule has 18 heavy (non-hydrogen) atoms. The van der Waals surface area contributed by atoms with E-state index in [1.54, 1.807) is 11.8 Å². The van der Waals surface area contributed by atoms with E-state index in [-0.39, 0.29) is 0 Å². The number of thioether (sulfide) groups is 1. The quantitative estimate of drug-likeness (QED) is 0.603. The summed E-state index contributed by atoms with van der Waals surface area (Å²) in [7, 11) is 0. The lowest BCUT2D eigenvalue weighted by Gasteiger charge is -2.05. The van der Waals surface area contributed by atoms with Gasteiger partial charge in [0.2, 0.25) is 0 Å². The molecule has 0 saturated carbocycles. The second kappa shape index (κ2) is 6.65. The minimum absolute atomic E-state index is 0.633. The largest absolute Gasteiger partial charge is 0.382 e. The standard InChI is InChI=1S/C11H17N5S2/c1-17-9-10(12)15-18-11(9)14-4-2-3-6-16-7-5-13-8-16/h5,7-8,14H,2-4,6H2,1H3,(H2,12,15). The minimum atomic E-state index is 0.633. The van der Waals surface area contributed by atoms with Crippen LogP contribution in [0.2, 0.25) is 0 Å². The van der Waals surface area contributed by atoms with Crippen LogP contribution >= 0.6 is 23.3 Å². The Morgan fingerprint density at radius 2 is 2.39 bits per heavy atom. The van der Waals surface area contributed by atoms with Gasteiger partial charge in [0.15, 0.2) is 5.82 Å². The van der Waals surface area contributed by atoms with Gasteiger partial charge in [-0.05, 0) is 30.6 Å². The van der Waals surface area contributed by atoms with Gasteiger partial charge in [0.05, 0.1) is 11.2 Å². The molecule has 0 aliphatic rings. The van der Waals surface area contributed by atoms with E-state index in [0.29, 0.717) is 5.82 Å². The molecular formula is C11H17N5S2. The minimum Gasteiger partial charge on any atom is -0.382 e. The maximum atomic E-state index is 5.77. The van der Waals surface area contributed by atoms with Crippen LogP contribution in [0, 0.1) is 0 Å². The first kappa shape index (κ1) is 13.2. The van der Waals surface area contributed by atoms with Gasteiger partial charge in [-0.2, -0.15) is 4.37 Å². The van der Waals surface area contributed by atoms with E-state index in [4.69, 9.17) is 5.73 Å². The van der Waals surface area contributed by atoms with Crippen LogP contribution in [0.25, 0.3) is 0 Å². The zero-order chi connectivity index (χ0) is 12.8. The lowest BCUT2D eigenvalue weighted by atomic mass is 10.3. The number of rotatable bonds is 7. The summed E-state index contributed by atoms with van der Waals surface area (Å²) >= 11 is 3.07. The number of aromatic nitrogens is 3. The molecule has 2 aromatic heterocycles. The zero-order valence-corrected chi connectivity index (χ0v) is 11.9. The highest BCUT2D eigenvalue weighted by atomic mass is 32.2. The molecule has 0 amide bonds. The van der Waals surface area contributed by atoms with Crippen LogP contribution in [0.4, 0.5) is 10.8 Å². The molecule has 0 spiro atoms. The van der Waals surface area contributed by atoms with Crippen LogP contribution < -0.4 is 11.1 Å². The highest BCUT2D eigenvalue weighted by Gasteiger charge is 2.09. The van der Waals surface area contributed by atoms with E-state index in [1.807, 2.05) is 25.0 Å². The lowest BCUT2D eigenvalue weighted by molar-refractivity contribution is 0.621. The molecule has 98 valence electrons. The van der Waals surface area contributed by atoms with Crippen LogP contribution in [-0.2, 0) is 6.54 Å². The Kier molecular flexibility index (Phi) is 4.89. The first-order valence-corrected chi connectivity index (χ1v) is 7.80. The van der Waals surface area contributed by atoms with Crippen LogP contribution in [0.1, 0.15) is 12.8 Å². The van der Waals surface area contributed by atoms with E-state index >= 15 is 0 Å². The third-order valence-corrected chi connectivity index (χ3v) is 4.34. The average molecular weight is 283 g/mol. The van der Waals surface area contributed by atoms with Crippen LogP contribution in [0.5, 0.6) is 0 Å². The third-order valence-electron chi connectivity index (χ3n) is 2.57. The first-order valence-electron chi connectivity index (χ1n) is 5.80. The normalized spacial score (nSPS) is 10.7. The predicted molar refractivity (Wildman–Crippen MR) is 78.3 cm³/mol. The van der Waals surface area contributed by atoms with Gasteiger partial charge in [-0.25, -0.2) is 4.98 Å². The zero-order valence-electron chi connectivity index (χ0n) is 10.3. The molecule has 0 aromatic carbocycles. The van der Waals surface area contributed by atoms with Crippen molar-refractivity contribution in [2.75, 3.05) is 23.9 Å². The Bertz CT molecular complexity index is 466. The van der Waals surface area contributed by atoms with E-state index in [2.05, 4.69) is 19.2 Å². The molecular weight excluding hydrogens is 266 g/mol. The van der Waals surface area contributed by atoms with E-state index in [9.17, 15) is 0 Å². The second-order valence-corrected chi connectivity index (χ2v) is 5.45. The molecule has 2 rings (SSSR count). The maximum Gasteiger partial charge on any atom is 0.153 e. The Hall–Kier alpha value is -1.21. The summed E-state index contributed by atoms with van der Waals surface area (Å²) in [5, 5.41) is 4.48. The molecule has 0 atom stereocenters. The predicted octanol–water partition coefficient (Wildman–Crippen LogP) is 2.54. The molecule has 0 fully saturated rings. The molecule has 7 heteroatoms. The summed E-state index contributed by atoms with van der Waals surface area (Å²) in [6, 6.07) is 0. The van der Waals surface area contributed by atoms with Gasteiger partial charge in [0, 0.05) is 25.5 Å². The van der Waals surface area contributed by atoms with E-state index in [0.717, 1.165) is 35.8 Å². The number of anilines is 2. The highest BCUT2D eigenvalue weighted by molar-refractivity contribution is 7.99. The van der Waals surface area contributed by atoms with Crippen molar-refractivity contribution in [1.82, 2.24) is 13.9 Å². The van der Waals surface area contributed by atoms with Gasteiger partial charge in [0.25, 0.3) is 0 Å². The molecule has 5 nitrogen and oxygen atoms in total. The summed E-state index contributed by atoms with van der Waals surface area (Å²) in [6.45, 7) is 1.96. The van der Waals surface area contributed by atoms with Gasteiger partial charge in [-0.3, -0.25) is 0 Å². The van der Waals surface area contributed by atoms with Crippen molar-refractivity contribution in [3.05, 3.63) is 18.7 Å². The number of hydrogen-bond acceptors (Lipinski definition) is 6. The number of nitrogens with one attached hydrogen (secondary N) is 1. The maximum absolute atomic E-state index is 5.77. The number of unbranched alkanes of at least 4 members (excludes halogenated alkanes) is 1. The van der Waals surface area contributed by atoms with Crippen molar-refractivity contribution in [2.24, 2.45) is 0 Å². The van der Waals surface area contributed by atoms with Crippen molar-refractivity contribution in [1.29, 1.82) is 0 Å². The average Bonchev–Trinajstić information content (AvgIpc) is 2.99. The van der Waals surface area contributed by atoms with Crippen LogP contribution in [0.15, 0.2) is 23.6 Å². The van der Waals surface area contributed by atoms with Crippen LogP contribution in [-0.4, -0.2) is 26.7 Å². The number of nitrogens with zero attached hydrogens (tertiary/aromatic N) is 3. The number of nitrogen functional groups attached to an aromatic ring is 1. The lowest BCUT2D eigenvalue weighted by Crippen LogP contribution is -2.03. The number of hydrogen-bond donors (Lipinski definition) is 2. The van der Waals surface area contributed by atoms with Gasteiger partial charge in [-0.15, -0.1) is 11.8 Å². The topological polar surface area (TPSA) is 68.8 Å². The number of nitrogens with two attached hydrogens (primary N) is 1. The van der Waals surface area contributed by atoms with Crippen LogP contribution in [0.3, 0.4) is 0 Å². The van der Waals surface area contributed by atoms with Crippen molar-refractivity contribution in [3.63, 3.8) is 0 Å². The number of imidazole rings is 1. The van der Waals surface area contributed by atoms with Crippen molar-refractivity contribution >= 4 is 34.1 Å². The number of aryl methyl sites for hydroxylation is 1. The Labute approximate surface area is 115 Å².